The van der Waals surface area contributed by atoms with E-state index in [0.29, 0.717) is 5.69 Å². The van der Waals surface area contributed by atoms with Crippen molar-refractivity contribution >= 4 is 16.2 Å². The number of hydrogen-bond donors (Lipinski definition) is 0. The van der Waals surface area contributed by atoms with Gasteiger partial charge in [0, 0.05) is 0 Å². The van der Waals surface area contributed by atoms with Crippen molar-refractivity contribution in [3.63, 3.8) is 0 Å². The molecule has 0 aliphatic carbocycles. The fourth-order valence-corrected chi connectivity index (χ4v) is 1.26. The molecule has 64 valence electrons. The van der Waals surface area contributed by atoms with E-state index in [4.69, 9.17) is 0 Å². The van der Waals surface area contributed by atoms with Crippen LogP contribution in [0.5, 0.6) is 0 Å². The van der Waals surface area contributed by atoms with Crippen molar-refractivity contribution < 1.29 is 8.42 Å². The van der Waals surface area contributed by atoms with E-state index in [0.717, 1.165) is 11.1 Å². The van der Waals surface area contributed by atoms with E-state index in [1.807, 2.05) is 26.0 Å². The quantitative estimate of drug-likeness (QED) is 0.668. The SMILES string of the molecule is Cc1ccc(C)c(N=S(=O)=O)c1. The first-order valence-corrected chi connectivity index (χ1v) is 4.51. The molecule has 1 rings (SSSR count). The van der Waals surface area contributed by atoms with Crippen molar-refractivity contribution in [3.8, 4) is 0 Å². The summed E-state index contributed by atoms with van der Waals surface area (Å²) < 4.78 is 24.0. The number of rotatable bonds is 1. The van der Waals surface area contributed by atoms with E-state index in [-0.39, 0.29) is 0 Å². The summed E-state index contributed by atoms with van der Waals surface area (Å²) in [5.74, 6) is 0. The van der Waals surface area contributed by atoms with Crippen LogP contribution in [0.4, 0.5) is 5.69 Å². The molecule has 0 aromatic heterocycles. The zero-order valence-electron chi connectivity index (χ0n) is 6.90. The summed E-state index contributed by atoms with van der Waals surface area (Å²) in [5, 5.41) is 0. The molecule has 0 saturated heterocycles. The second-order valence-corrected chi connectivity index (χ2v) is 3.22. The molecule has 0 spiro atoms. The topological polar surface area (TPSA) is 46.5 Å². The first kappa shape index (κ1) is 8.93. The first-order valence-electron chi connectivity index (χ1n) is 3.48. The van der Waals surface area contributed by atoms with Crippen molar-refractivity contribution in [1.29, 1.82) is 0 Å². The Kier molecular flexibility index (Phi) is 2.60. The fourth-order valence-electron chi connectivity index (χ4n) is 0.898. The van der Waals surface area contributed by atoms with Crippen LogP contribution in [0.3, 0.4) is 0 Å². The summed E-state index contributed by atoms with van der Waals surface area (Å²) >= 11 is 0. The largest absolute Gasteiger partial charge is 0.316 e. The van der Waals surface area contributed by atoms with Gasteiger partial charge in [0.1, 0.15) is 0 Å². The number of nitrogens with zero attached hydrogens (tertiary/aromatic N) is 1. The molecule has 0 N–H and O–H groups in total. The highest BCUT2D eigenvalue weighted by Gasteiger charge is 1.95. The molecule has 0 saturated carbocycles. The van der Waals surface area contributed by atoms with Crippen LogP contribution in [0, 0.1) is 13.8 Å². The highest BCUT2D eigenvalue weighted by molar-refractivity contribution is 7.61. The van der Waals surface area contributed by atoms with Gasteiger partial charge in [0.15, 0.2) is 0 Å². The van der Waals surface area contributed by atoms with E-state index in [1.165, 1.54) is 0 Å². The van der Waals surface area contributed by atoms with Gasteiger partial charge < -0.3 is 0 Å². The Bertz CT molecular complexity index is 413. The lowest BCUT2D eigenvalue weighted by Crippen LogP contribution is -1.76. The zero-order chi connectivity index (χ0) is 9.14. The van der Waals surface area contributed by atoms with Crippen LogP contribution in [0.25, 0.3) is 0 Å². The maximum atomic E-state index is 10.3. The molecular formula is C8H9NO2S. The Balaban J connectivity index is 3.32. The lowest BCUT2D eigenvalue weighted by molar-refractivity contribution is 0.622. The summed E-state index contributed by atoms with van der Waals surface area (Å²) in [4.78, 5) is 0. The first-order chi connectivity index (χ1) is 5.59. The molecule has 0 unspecified atom stereocenters. The molecule has 1 aromatic carbocycles. The summed E-state index contributed by atoms with van der Waals surface area (Å²) in [7, 11) is -2.36. The maximum absolute atomic E-state index is 10.3. The predicted molar refractivity (Wildman–Crippen MR) is 46.9 cm³/mol. The molecule has 0 heterocycles. The maximum Gasteiger partial charge on any atom is 0.316 e. The molecule has 12 heavy (non-hydrogen) atoms. The molecular weight excluding hydrogens is 174 g/mol. The lowest BCUT2D eigenvalue weighted by atomic mass is 10.1. The van der Waals surface area contributed by atoms with E-state index < -0.39 is 10.5 Å². The Morgan fingerprint density at radius 2 is 1.92 bits per heavy atom. The van der Waals surface area contributed by atoms with Crippen molar-refractivity contribution in [3.05, 3.63) is 29.3 Å². The fraction of sp³-hybridized carbons (Fsp3) is 0.250. The Hall–Kier alpha value is -1.16. The average molecular weight is 183 g/mol. The van der Waals surface area contributed by atoms with Crippen molar-refractivity contribution in [1.82, 2.24) is 0 Å². The van der Waals surface area contributed by atoms with E-state index >= 15 is 0 Å². The molecule has 0 aliphatic rings. The molecule has 0 radical (unpaired) electrons. The van der Waals surface area contributed by atoms with Crippen LogP contribution < -0.4 is 0 Å². The van der Waals surface area contributed by atoms with Gasteiger partial charge in [0.25, 0.3) is 0 Å². The van der Waals surface area contributed by atoms with Crippen LogP contribution in [0.2, 0.25) is 0 Å². The Morgan fingerprint density at radius 1 is 1.25 bits per heavy atom. The predicted octanol–water partition coefficient (Wildman–Crippen LogP) is 2.00. The summed E-state index contributed by atoms with van der Waals surface area (Å²) in [6.07, 6.45) is 0. The molecule has 0 fully saturated rings. The Labute approximate surface area is 72.8 Å². The van der Waals surface area contributed by atoms with Crippen LogP contribution in [-0.4, -0.2) is 8.42 Å². The Morgan fingerprint density at radius 3 is 2.50 bits per heavy atom. The molecule has 0 aliphatic heterocycles. The highest BCUT2D eigenvalue weighted by atomic mass is 32.2. The molecule has 3 nitrogen and oxygen atoms in total. The minimum Gasteiger partial charge on any atom is -0.163 e. The molecule has 0 atom stereocenters. The van der Waals surface area contributed by atoms with Gasteiger partial charge in [-0.25, -0.2) is 0 Å². The van der Waals surface area contributed by atoms with Crippen molar-refractivity contribution in [2.24, 2.45) is 4.36 Å². The van der Waals surface area contributed by atoms with Crippen LogP contribution in [-0.2, 0) is 10.5 Å². The summed E-state index contributed by atoms with van der Waals surface area (Å²) in [6, 6.07) is 5.51. The van der Waals surface area contributed by atoms with Gasteiger partial charge in [0.2, 0.25) is 0 Å². The number of benzene rings is 1. The zero-order valence-corrected chi connectivity index (χ0v) is 7.72. The standard InChI is InChI=1S/C8H9NO2S/c1-6-3-4-7(2)8(5-6)9-12(10)11/h3-5H,1-2H3. The summed E-state index contributed by atoms with van der Waals surface area (Å²) in [6.45, 7) is 3.72. The third-order valence-corrected chi connectivity index (χ3v) is 1.88. The van der Waals surface area contributed by atoms with Gasteiger partial charge in [-0.1, -0.05) is 12.1 Å². The molecule has 0 amide bonds. The van der Waals surface area contributed by atoms with Crippen LogP contribution in [0.1, 0.15) is 11.1 Å². The minimum atomic E-state index is -2.36. The van der Waals surface area contributed by atoms with Gasteiger partial charge in [-0.3, -0.25) is 0 Å². The highest BCUT2D eigenvalue weighted by Crippen LogP contribution is 2.19. The molecule has 0 bridgehead atoms. The normalized spacial score (nSPS) is 9.50. The summed E-state index contributed by atoms with van der Waals surface area (Å²) in [5.41, 5.74) is 2.39. The van der Waals surface area contributed by atoms with Gasteiger partial charge in [-0.2, -0.15) is 8.42 Å². The molecule has 4 heteroatoms. The van der Waals surface area contributed by atoms with Crippen LogP contribution in [0.15, 0.2) is 22.6 Å². The van der Waals surface area contributed by atoms with Gasteiger partial charge in [-0.15, -0.1) is 4.36 Å². The number of hydrogen-bond acceptors (Lipinski definition) is 3. The van der Waals surface area contributed by atoms with Gasteiger partial charge >= 0.3 is 10.5 Å². The van der Waals surface area contributed by atoms with E-state index in [1.54, 1.807) is 6.07 Å². The monoisotopic (exact) mass is 183 g/mol. The average Bonchev–Trinajstić information content (AvgIpc) is 1.96. The van der Waals surface area contributed by atoms with Crippen LogP contribution >= 0.6 is 0 Å². The minimum absolute atomic E-state index is 0.517. The second-order valence-electron chi connectivity index (χ2n) is 2.60. The van der Waals surface area contributed by atoms with E-state index in [9.17, 15) is 8.42 Å². The van der Waals surface area contributed by atoms with E-state index in [2.05, 4.69) is 4.36 Å². The third-order valence-electron chi connectivity index (χ3n) is 1.54. The van der Waals surface area contributed by atoms with Gasteiger partial charge in [-0.05, 0) is 31.0 Å². The number of aryl methyl sites for hydroxylation is 2. The van der Waals surface area contributed by atoms with Crippen molar-refractivity contribution in [2.45, 2.75) is 13.8 Å². The third kappa shape index (κ3) is 2.17. The molecule has 1 aromatic rings. The smallest absolute Gasteiger partial charge is 0.163 e. The van der Waals surface area contributed by atoms with Crippen molar-refractivity contribution in [2.75, 3.05) is 0 Å². The second kappa shape index (κ2) is 3.49. The lowest BCUT2D eigenvalue weighted by Gasteiger charge is -1.97. The van der Waals surface area contributed by atoms with Gasteiger partial charge in [0.05, 0.1) is 5.69 Å².